The highest BCUT2D eigenvalue weighted by atomic mass is 32.1. The van der Waals surface area contributed by atoms with E-state index >= 15 is 0 Å². The first-order valence-electron chi connectivity index (χ1n) is 6.79. The Bertz CT molecular complexity index is 638. The van der Waals surface area contributed by atoms with Crippen LogP contribution in [0.3, 0.4) is 0 Å². The molecule has 0 bridgehead atoms. The molecule has 2 N–H and O–H groups in total. The molecule has 2 rings (SSSR count). The van der Waals surface area contributed by atoms with Crippen LogP contribution in [0.25, 0.3) is 0 Å². The Morgan fingerprint density at radius 2 is 1.86 bits per heavy atom. The summed E-state index contributed by atoms with van der Waals surface area (Å²) in [6.45, 7) is 4.64. The summed E-state index contributed by atoms with van der Waals surface area (Å²) in [4.78, 5) is -0.00162. The highest BCUT2D eigenvalue weighted by molar-refractivity contribution is 7.80. The van der Waals surface area contributed by atoms with Crippen molar-refractivity contribution in [1.29, 1.82) is 0 Å². The molecule has 0 aliphatic heterocycles. The highest BCUT2D eigenvalue weighted by Crippen LogP contribution is 2.23. The van der Waals surface area contributed by atoms with Gasteiger partial charge < -0.3 is 10.5 Å². The van der Waals surface area contributed by atoms with Crippen LogP contribution < -0.4 is 10.5 Å². The average Bonchev–Trinajstić information content (AvgIpc) is 2.45. The van der Waals surface area contributed by atoms with Gasteiger partial charge in [0.25, 0.3) is 0 Å². The summed E-state index contributed by atoms with van der Waals surface area (Å²) in [6, 6.07) is 12.7. The number of halogens is 1. The van der Waals surface area contributed by atoms with Crippen molar-refractivity contribution in [3.8, 4) is 5.75 Å². The molecule has 21 heavy (non-hydrogen) atoms. The van der Waals surface area contributed by atoms with E-state index in [2.05, 4.69) is 26.0 Å². The number of ether oxygens (including phenoxy) is 1. The van der Waals surface area contributed by atoms with Crippen molar-refractivity contribution in [1.82, 2.24) is 0 Å². The third-order valence-electron chi connectivity index (χ3n) is 3.26. The molecule has 0 fully saturated rings. The molecule has 4 heteroatoms. The molecule has 0 aromatic heterocycles. The van der Waals surface area contributed by atoms with Gasteiger partial charge in [-0.15, -0.1) is 0 Å². The van der Waals surface area contributed by atoms with Gasteiger partial charge in [0.05, 0.1) is 5.56 Å². The smallest absolute Gasteiger partial charge is 0.137 e. The number of thiocarbonyl (C=S) groups is 1. The van der Waals surface area contributed by atoms with Gasteiger partial charge in [0, 0.05) is 0 Å². The van der Waals surface area contributed by atoms with E-state index in [9.17, 15) is 4.39 Å². The van der Waals surface area contributed by atoms with Crippen molar-refractivity contribution in [3.63, 3.8) is 0 Å². The molecular weight excluding hydrogens is 285 g/mol. The molecule has 2 aromatic carbocycles. The van der Waals surface area contributed by atoms with Crippen LogP contribution in [-0.4, -0.2) is 4.99 Å². The number of nitrogens with two attached hydrogens (primary N) is 1. The van der Waals surface area contributed by atoms with E-state index in [0.717, 1.165) is 5.56 Å². The van der Waals surface area contributed by atoms with Gasteiger partial charge in [-0.05, 0) is 29.2 Å². The van der Waals surface area contributed by atoms with E-state index in [4.69, 9.17) is 22.7 Å². The maximum Gasteiger partial charge on any atom is 0.137 e. The predicted octanol–water partition coefficient (Wildman–Crippen LogP) is 4.16. The van der Waals surface area contributed by atoms with E-state index in [-0.39, 0.29) is 10.6 Å². The lowest BCUT2D eigenvalue weighted by molar-refractivity contribution is 0.304. The zero-order chi connectivity index (χ0) is 15.4. The molecule has 0 saturated carbocycles. The molecule has 2 aromatic rings. The topological polar surface area (TPSA) is 35.2 Å². The van der Waals surface area contributed by atoms with Gasteiger partial charge >= 0.3 is 0 Å². The molecule has 0 radical (unpaired) electrons. The Morgan fingerprint density at radius 1 is 1.19 bits per heavy atom. The van der Waals surface area contributed by atoms with Crippen molar-refractivity contribution < 1.29 is 9.13 Å². The quantitative estimate of drug-likeness (QED) is 0.842. The molecule has 0 atom stereocenters. The normalized spacial score (nSPS) is 10.7. The molecular formula is C17H18FNOS. The summed E-state index contributed by atoms with van der Waals surface area (Å²) in [5.74, 6) is 0.398. The largest absolute Gasteiger partial charge is 0.488 e. The lowest BCUT2D eigenvalue weighted by Gasteiger charge is -2.12. The first-order chi connectivity index (χ1) is 9.99. The van der Waals surface area contributed by atoms with Gasteiger partial charge in [0.1, 0.15) is 23.2 Å². The molecule has 0 unspecified atom stereocenters. The second kappa shape index (κ2) is 6.68. The molecule has 0 saturated heterocycles. The number of rotatable bonds is 5. The Labute approximate surface area is 129 Å². The van der Waals surface area contributed by atoms with E-state index in [1.54, 1.807) is 12.1 Å². The fourth-order valence-corrected chi connectivity index (χ4v) is 2.22. The fourth-order valence-electron chi connectivity index (χ4n) is 2.02. The number of benzene rings is 2. The summed E-state index contributed by atoms with van der Waals surface area (Å²) < 4.78 is 19.4. The zero-order valence-corrected chi connectivity index (χ0v) is 12.9. The lowest BCUT2D eigenvalue weighted by Crippen LogP contribution is -2.14. The number of hydrogen-bond donors (Lipinski definition) is 1. The molecule has 0 amide bonds. The maximum absolute atomic E-state index is 13.7. The molecule has 0 aliphatic carbocycles. The van der Waals surface area contributed by atoms with E-state index < -0.39 is 5.82 Å². The van der Waals surface area contributed by atoms with E-state index in [0.29, 0.717) is 18.3 Å². The zero-order valence-electron chi connectivity index (χ0n) is 12.1. The predicted molar refractivity (Wildman–Crippen MR) is 87.2 cm³/mol. The minimum Gasteiger partial charge on any atom is -0.488 e. The minimum atomic E-state index is -0.463. The van der Waals surface area contributed by atoms with Crippen LogP contribution in [0, 0.1) is 5.82 Å². The fraction of sp³-hybridized carbons (Fsp3) is 0.235. The summed E-state index contributed by atoms with van der Waals surface area (Å²) in [7, 11) is 0. The Morgan fingerprint density at radius 3 is 2.43 bits per heavy atom. The maximum atomic E-state index is 13.7. The van der Waals surface area contributed by atoms with Crippen LogP contribution in [0.2, 0.25) is 0 Å². The lowest BCUT2D eigenvalue weighted by atomic mass is 10.0. The Kier molecular flexibility index (Phi) is 4.91. The SMILES string of the molecule is CC(C)c1ccc(COc2cccc(F)c2C(N)=S)cc1. The Hall–Kier alpha value is -1.94. The Balaban J connectivity index is 2.13. The first-order valence-corrected chi connectivity index (χ1v) is 7.20. The third kappa shape index (κ3) is 3.79. The summed E-state index contributed by atoms with van der Waals surface area (Å²) >= 11 is 4.87. The second-order valence-electron chi connectivity index (χ2n) is 5.16. The molecule has 0 aliphatic rings. The summed E-state index contributed by atoms with van der Waals surface area (Å²) in [5, 5.41) is 0. The van der Waals surface area contributed by atoms with Crippen molar-refractivity contribution in [3.05, 3.63) is 65.0 Å². The third-order valence-corrected chi connectivity index (χ3v) is 3.47. The van der Waals surface area contributed by atoms with Crippen LogP contribution in [0.15, 0.2) is 42.5 Å². The average molecular weight is 303 g/mol. The van der Waals surface area contributed by atoms with Gasteiger partial charge in [-0.2, -0.15) is 0 Å². The highest BCUT2D eigenvalue weighted by Gasteiger charge is 2.12. The van der Waals surface area contributed by atoms with Crippen molar-refractivity contribution in [2.45, 2.75) is 26.4 Å². The number of hydrogen-bond acceptors (Lipinski definition) is 2. The van der Waals surface area contributed by atoms with Crippen LogP contribution in [0.4, 0.5) is 4.39 Å². The van der Waals surface area contributed by atoms with Gasteiger partial charge in [-0.1, -0.05) is 56.4 Å². The molecule has 110 valence electrons. The second-order valence-corrected chi connectivity index (χ2v) is 5.60. The van der Waals surface area contributed by atoms with Gasteiger partial charge in [0.2, 0.25) is 0 Å². The monoisotopic (exact) mass is 303 g/mol. The summed E-state index contributed by atoms with van der Waals surface area (Å²) in [6.07, 6.45) is 0. The van der Waals surface area contributed by atoms with Gasteiger partial charge in [-0.25, -0.2) is 4.39 Å². The molecule has 0 heterocycles. The van der Waals surface area contributed by atoms with Crippen LogP contribution in [0.5, 0.6) is 5.75 Å². The van der Waals surface area contributed by atoms with Crippen LogP contribution in [0.1, 0.15) is 36.5 Å². The van der Waals surface area contributed by atoms with Crippen molar-refractivity contribution in [2.24, 2.45) is 5.73 Å². The van der Waals surface area contributed by atoms with E-state index in [1.807, 2.05) is 12.1 Å². The molecule has 2 nitrogen and oxygen atoms in total. The van der Waals surface area contributed by atoms with Gasteiger partial charge in [0.15, 0.2) is 0 Å². The summed E-state index contributed by atoms with van der Waals surface area (Å²) in [5.41, 5.74) is 7.99. The molecule has 0 spiro atoms. The van der Waals surface area contributed by atoms with Crippen molar-refractivity contribution >= 4 is 17.2 Å². The van der Waals surface area contributed by atoms with Crippen LogP contribution >= 0.6 is 12.2 Å². The first kappa shape index (κ1) is 15.4. The van der Waals surface area contributed by atoms with E-state index in [1.165, 1.54) is 11.6 Å². The minimum absolute atomic E-state index is 0.00162. The van der Waals surface area contributed by atoms with Crippen LogP contribution in [-0.2, 0) is 6.61 Å². The van der Waals surface area contributed by atoms with Gasteiger partial charge in [-0.3, -0.25) is 0 Å². The van der Waals surface area contributed by atoms with Crippen molar-refractivity contribution in [2.75, 3.05) is 0 Å². The standard InChI is InChI=1S/C17H18FNOS/c1-11(2)13-8-6-12(7-9-13)10-20-15-5-3-4-14(18)16(15)17(19)21/h3-9,11H,10H2,1-2H3,(H2,19,21).